The molecule has 0 amide bonds. The van der Waals surface area contributed by atoms with Gasteiger partial charge in [0.15, 0.2) is 0 Å². The summed E-state index contributed by atoms with van der Waals surface area (Å²) in [6.45, 7) is 16.2. The van der Waals surface area contributed by atoms with E-state index >= 15 is 0 Å². The smallest absolute Gasteiger partial charge is 0.0125 e. The third-order valence-corrected chi connectivity index (χ3v) is 3.68. The van der Waals surface area contributed by atoms with E-state index in [0.717, 1.165) is 0 Å². The molecule has 0 rings (SSSR count). The topological polar surface area (TPSA) is 0 Å². The standard InChI is InChI=1S/C11H25P/c1-9(2,3)8-11(7,12)10(4,5)6/h8,12H2,1-7H3. The van der Waals surface area contributed by atoms with Gasteiger partial charge in [-0.1, -0.05) is 48.5 Å². The van der Waals surface area contributed by atoms with Crippen LogP contribution in [0.15, 0.2) is 0 Å². The molecule has 0 aromatic rings. The van der Waals surface area contributed by atoms with Crippen molar-refractivity contribution in [2.24, 2.45) is 10.8 Å². The van der Waals surface area contributed by atoms with Crippen molar-refractivity contribution in [3.63, 3.8) is 0 Å². The van der Waals surface area contributed by atoms with Gasteiger partial charge in [-0.2, -0.15) is 0 Å². The summed E-state index contributed by atoms with van der Waals surface area (Å²) in [6, 6.07) is 0. The molecule has 0 bridgehead atoms. The molecule has 0 aromatic heterocycles. The largest absolute Gasteiger partial charge is 0.131 e. The summed E-state index contributed by atoms with van der Waals surface area (Å²) in [7, 11) is 3.02. The average molecular weight is 188 g/mol. The molecule has 0 nitrogen and oxygen atoms in total. The van der Waals surface area contributed by atoms with Gasteiger partial charge in [0, 0.05) is 0 Å². The highest BCUT2D eigenvalue weighted by Gasteiger charge is 2.36. The molecule has 0 aliphatic heterocycles. The molecule has 1 heteroatoms. The number of rotatable bonds is 1. The molecule has 0 spiro atoms. The minimum absolute atomic E-state index is 0.339. The monoisotopic (exact) mass is 188 g/mol. The summed E-state index contributed by atoms with van der Waals surface area (Å²) in [5, 5.41) is 0.339. The maximum Gasteiger partial charge on any atom is -0.0125 e. The van der Waals surface area contributed by atoms with Gasteiger partial charge in [0.1, 0.15) is 0 Å². The first-order valence-corrected chi connectivity index (χ1v) is 5.32. The molecule has 12 heavy (non-hydrogen) atoms. The van der Waals surface area contributed by atoms with Crippen molar-refractivity contribution in [3.8, 4) is 0 Å². The zero-order valence-corrected chi connectivity index (χ0v) is 10.9. The van der Waals surface area contributed by atoms with Gasteiger partial charge in [0.2, 0.25) is 0 Å². The van der Waals surface area contributed by atoms with Gasteiger partial charge in [-0.05, 0) is 22.4 Å². The fourth-order valence-corrected chi connectivity index (χ4v) is 1.98. The van der Waals surface area contributed by atoms with Gasteiger partial charge in [0.05, 0.1) is 0 Å². The lowest BCUT2D eigenvalue weighted by atomic mass is 9.72. The second-order valence-electron chi connectivity index (χ2n) is 6.40. The van der Waals surface area contributed by atoms with Crippen LogP contribution < -0.4 is 0 Å². The van der Waals surface area contributed by atoms with Crippen LogP contribution in [-0.2, 0) is 0 Å². The molecule has 0 saturated carbocycles. The molecule has 2 atom stereocenters. The quantitative estimate of drug-likeness (QED) is 0.543. The summed E-state index contributed by atoms with van der Waals surface area (Å²) >= 11 is 0. The second kappa shape index (κ2) is 3.29. The lowest BCUT2D eigenvalue weighted by Crippen LogP contribution is -2.37. The molecule has 0 aliphatic carbocycles. The summed E-state index contributed by atoms with van der Waals surface area (Å²) in [6.07, 6.45) is 1.24. The van der Waals surface area contributed by atoms with E-state index in [2.05, 4.69) is 57.7 Å². The van der Waals surface area contributed by atoms with Gasteiger partial charge in [-0.15, -0.1) is 9.24 Å². The van der Waals surface area contributed by atoms with E-state index in [1.54, 1.807) is 0 Å². The summed E-state index contributed by atoms with van der Waals surface area (Å²) < 4.78 is 0. The Morgan fingerprint density at radius 3 is 1.25 bits per heavy atom. The Bertz CT molecular complexity index is 143. The van der Waals surface area contributed by atoms with E-state index < -0.39 is 0 Å². The van der Waals surface area contributed by atoms with E-state index in [9.17, 15) is 0 Å². The first-order valence-electron chi connectivity index (χ1n) is 4.75. The van der Waals surface area contributed by atoms with Gasteiger partial charge >= 0.3 is 0 Å². The first kappa shape index (κ1) is 12.4. The van der Waals surface area contributed by atoms with Crippen molar-refractivity contribution in [1.82, 2.24) is 0 Å². The van der Waals surface area contributed by atoms with Crippen molar-refractivity contribution >= 4 is 9.24 Å². The summed E-state index contributed by atoms with van der Waals surface area (Å²) in [5.41, 5.74) is 0.786. The highest BCUT2D eigenvalue weighted by molar-refractivity contribution is 7.19. The van der Waals surface area contributed by atoms with Crippen molar-refractivity contribution < 1.29 is 0 Å². The average Bonchev–Trinajstić information content (AvgIpc) is 1.52. The predicted molar refractivity (Wildman–Crippen MR) is 61.6 cm³/mol. The Hall–Kier alpha value is 0.430. The third-order valence-electron chi connectivity index (χ3n) is 2.61. The third kappa shape index (κ3) is 3.90. The van der Waals surface area contributed by atoms with Crippen LogP contribution in [-0.4, -0.2) is 5.16 Å². The Morgan fingerprint density at radius 1 is 0.833 bits per heavy atom. The SMILES string of the molecule is CC(C)(C)CC(C)(P)C(C)(C)C. The fourth-order valence-electron chi connectivity index (χ4n) is 1.37. The van der Waals surface area contributed by atoms with E-state index in [0.29, 0.717) is 16.0 Å². The predicted octanol–water partition coefficient (Wildman–Crippen LogP) is 4.10. The lowest BCUT2D eigenvalue weighted by Gasteiger charge is -2.42. The zero-order valence-electron chi connectivity index (χ0n) is 9.78. The lowest BCUT2D eigenvalue weighted by molar-refractivity contribution is 0.213. The van der Waals surface area contributed by atoms with Crippen LogP contribution in [0.1, 0.15) is 54.9 Å². The highest BCUT2D eigenvalue weighted by atomic mass is 31.0. The van der Waals surface area contributed by atoms with Crippen LogP contribution in [0.25, 0.3) is 0 Å². The summed E-state index contributed by atoms with van der Waals surface area (Å²) in [5.74, 6) is 0. The first-order chi connectivity index (χ1) is 4.96. The molecule has 0 heterocycles. The van der Waals surface area contributed by atoms with Gasteiger partial charge in [0.25, 0.3) is 0 Å². The Labute approximate surface area is 80.7 Å². The van der Waals surface area contributed by atoms with Crippen LogP contribution in [0.4, 0.5) is 0 Å². The van der Waals surface area contributed by atoms with Gasteiger partial charge in [-0.3, -0.25) is 0 Å². The van der Waals surface area contributed by atoms with Crippen LogP contribution in [0, 0.1) is 10.8 Å². The molecule has 0 aliphatic rings. The summed E-state index contributed by atoms with van der Waals surface area (Å²) in [4.78, 5) is 0. The minimum atomic E-state index is 0.339. The molecular weight excluding hydrogens is 163 g/mol. The molecule has 0 radical (unpaired) electrons. The van der Waals surface area contributed by atoms with Crippen LogP contribution in [0.5, 0.6) is 0 Å². The van der Waals surface area contributed by atoms with Crippen LogP contribution in [0.2, 0.25) is 0 Å². The zero-order chi connectivity index (χ0) is 10.2. The minimum Gasteiger partial charge on any atom is -0.131 e. The Kier molecular flexibility index (Phi) is 3.41. The van der Waals surface area contributed by atoms with Gasteiger partial charge < -0.3 is 0 Å². The Morgan fingerprint density at radius 2 is 1.17 bits per heavy atom. The maximum atomic E-state index is 3.02. The van der Waals surface area contributed by atoms with Crippen molar-refractivity contribution in [1.29, 1.82) is 0 Å². The number of hydrogen-bond donors (Lipinski definition) is 0. The fraction of sp³-hybridized carbons (Fsp3) is 1.00. The molecule has 2 unspecified atom stereocenters. The highest BCUT2D eigenvalue weighted by Crippen LogP contribution is 2.45. The number of hydrogen-bond acceptors (Lipinski definition) is 0. The van der Waals surface area contributed by atoms with Crippen LogP contribution >= 0.6 is 9.24 Å². The Balaban J connectivity index is 4.44. The maximum absolute atomic E-state index is 3.02. The normalized spacial score (nSPS) is 19.0. The molecular formula is C11H25P. The van der Waals surface area contributed by atoms with E-state index in [1.165, 1.54) is 6.42 Å². The molecule has 74 valence electrons. The van der Waals surface area contributed by atoms with E-state index in [-0.39, 0.29) is 0 Å². The van der Waals surface area contributed by atoms with E-state index in [1.807, 2.05) is 0 Å². The molecule has 0 saturated heterocycles. The van der Waals surface area contributed by atoms with Gasteiger partial charge in [-0.25, -0.2) is 0 Å². The van der Waals surface area contributed by atoms with Crippen molar-refractivity contribution in [3.05, 3.63) is 0 Å². The molecule has 0 fully saturated rings. The van der Waals surface area contributed by atoms with E-state index in [4.69, 9.17) is 0 Å². The molecule has 0 aromatic carbocycles. The second-order valence-corrected chi connectivity index (χ2v) is 7.68. The molecule has 0 N–H and O–H groups in total. The van der Waals surface area contributed by atoms with Crippen molar-refractivity contribution in [2.45, 2.75) is 60.0 Å². The van der Waals surface area contributed by atoms with Crippen LogP contribution in [0.3, 0.4) is 0 Å². The van der Waals surface area contributed by atoms with Crippen molar-refractivity contribution in [2.75, 3.05) is 0 Å².